The summed E-state index contributed by atoms with van der Waals surface area (Å²) in [6.07, 6.45) is 5.91. The summed E-state index contributed by atoms with van der Waals surface area (Å²) in [5.41, 5.74) is 1.21. The number of hydrogen-bond donors (Lipinski definition) is 2. The van der Waals surface area contributed by atoms with Crippen LogP contribution in [0.5, 0.6) is 0 Å². The Kier molecular flexibility index (Phi) is 6.51. The zero-order chi connectivity index (χ0) is 23.6. The molecule has 2 aliphatic heterocycles. The van der Waals surface area contributed by atoms with Crippen LogP contribution in [0.15, 0.2) is 30.3 Å². The number of terminal acetylenes is 1. The SMILES string of the molecule is C#Cc1ccc(C(=O)NC2(C(=O)Nc3ccc(N4CCOCC4=O)c(C)c3)CCN(C)C2)s1. The minimum absolute atomic E-state index is 0.0702. The molecule has 1 unspecified atom stereocenters. The quantitative estimate of drug-likeness (QED) is 0.657. The fourth-order valence-corrected chi connectivity index (χ4v) is 4.93. The molecular formula is C24H26N4O4S. The summed E-state index contributed by atoms with van der Waals surface area (Å²) < 4.78 is 5.20. The first-order chi connectivity index (χ1) is 15.8. The molecule has 2 saturated heterocycles. The average molecular weight is 467 g/mol. The second kappa shape index (κ2) is 9.35. The molecule has 2 N–H and O–H groups in total. The van der Waals surface area contributed by atoms with Gasteiger partial charge in [0.05, 0.1) is 16.4 Å². The van der Waals surface area contributed by atoms with E-state index in [-0.39, 0.29) is 24.3 Å². The normalized spacial score (nSPS) is 21.0. The van der Waals surface area contributed by atoms with Crippen LogP contribution in [-0.2, 0) is 14.3 Å². The number of thiophene rings is 1. The van der Waals surface area contributed by atoms with E-state index in [1.807, 2.05) is 31.0 Å². The Morgan fingerprint density at radius 1 is 1.24 bits per heavy atom. The maximum atomic E-state index is 13.4. The molecule has 8 nitrogen and oxygen atoms in total. The highest BCUT2D eigenvalue weighted by Gasteiger charge is 2.45. The molecule has 0 saturated carbocycles. The number of likely N-dealkylation sites (N-methyl/N-ethyl adjacent to an activating group) is 1. The number of aryl methyl sites for hydroxylation is 1. The molecule has 4 rings (SSSR count). The molecule has 0 spiro atoms. The fraction of sp³-hybridized carbons (Fsp3) is 0.375. The van der Waals surface area contributed by atoms with E-state index in [2.05, 4.69) is 16.6 Å². The lowest BCUT2D eigenvalue weighted by molar-refractivity contribution is -0.125. The lowest BCUT2D eigenvalue weighted by atomic mass is 9.96. The Balaban J connectivity index is 1.51. The van der Waals surface area contributed by atoms with E-state index in [1.165, 1.54) is 11.3 Å². The van der Waals surface area contributed by atoms with E-state index in [9.17, 15) is 14.4 Å². The van der Waals surface area contributed by atoms with Crippen molar-refractivity contribution < 1.29 is 19.1 Å². The number of ether oxygens (including phenoxy) is 1. The molecule has 3 heterocycles. The number of nitrogens with zero attached hydrogens (tertiary/aromatic N) is 2. The second-order valence-corrected chi connectivity index (χ2v) is 9.47. The van der Waals surface area contributed by atoms with Crippen LogP contribution >= 0.6 is 11.3 Å². The van der Waals surface area contributed by atoms with E-state index < -0.39 is 5.54 Å². The van der Waals surface area contributed by atoms with Gasteiger partial charge in [0.15, 0.2) is 0 Å². The Bertz CT molecular complexity index is 1140. The molecule has 0 bridgehead atoms. The first kappa shape index (κ1) is 23.0. The summed E-state index contributed by atoms with van der Waals surface area (Å²) in [5, 5.41) is 5.93. The number of rotatable bonds is 5. The Labute approximate surface area is 196 Å². The Morgan fingerprint density at radius 2 is 2.06 bits per heavy atom. The third-order valence-corrected chi connectivity index (χ3v) is 6.97. The summed E-state index contributed by atoms with van der Waals surface area (Å²) >= 11 is 1.22. The van der Waals surface area contributed by atoms with E-state index >= 15 is 0 Å². The second-order valence-electron chi connectivity index (χ2n) is 8.39. The van der Waals surface area contributed by atoms with Crippen LogP contribution in [-0.4, -0.2) is 68.1 Å². The minimum Gasteiger partial charge on any atom is -0.370 e. The van der Waals surface area contributed by atoms with Gasteiger partial charge in [0.1, 0.15) is 12.1 Å². The summed E-state index contributed by atoms with van der Waals surface area (Å²) in [5.74, 6) is 1.85. The zero-order valence-electron chi connectivity index (χ0n) is 18.6. The summed E-state index contributed by atoms with van der Waals surface area (Å²) in [4.78, 5) is 43.3. The van der Waals surface area contributed by atoms with E-state index in [0.717, 1.165) is 11.3 Å². The molecule has 2 aliphatic rings. The van der Waals surface area contributed by atoms with E-state index in [4.69, 9.17) is 11.2 Å². The largest absolute Gasteiger partial charge is 0.370 e. The number of amides is 3. The lowest BCUT2D eigenvalue weighted by Gasteiger charge is -2.30. The predicted octanol–water partition coefficient (Wildman–Crippen LogP) is 1.84. The number of carbonyl (C=O) groups is 3. The average Bonchev–Trinajstić information content (AvgIpc) is 3.42. The monoisotopic (exact) mass is 466 g/mol. The molecule has 0 aliphatic carbocycles. The molecule has 2 aromatic rings. The van der Waals surface area contributed by atoms with Gasteiger partial charge >= 0.3 is 0 Å². The molecule has 172 valence electrons. The number of nitrogens with one attached hydrogen (secondary N) is 2. The summed E-state index contributed by atoms with van der Waals surface area (Å²) in [6.45, 7) is 4.04. The molecule has 33 heavy (non-hydrogen) atoms. The molecule has 1 atom stereocenters. The summed E-state index contributed by atoms with van der Waals surface area (Å²) in [6, 6.07) is 8.83. The number of carbonyl (C=O) groups excluding carboxylic acids is 3. The van der Waals surface area contributed by atoms with Crippen molar-refractivity contribution in [3.8, 4) is 12.3 Å². The fourth-order valence-electron chi connectivity index (χ4n) is 4.22. The van der Waals surface area contributed by atoms with Crippen LogP contribution < -0.4 is 15.5 Å². The van der Waals surface area contributed by atoms with E-state index in [1.54, 1.807) is 23.1 Å². The van der Waals surface area contributed by atoms with Crippen LogP contribution in [0.2, 0.25) is 0 Å². The third-order valence-electron chi connectivity index (χ3n) is 5.95. The van der Waals surface area contributed by atoms with Crippen LogP contribution in [0.1, 0.15) is 26.5 Å². The molecule has 3 amide bonds. The topological polar surface area (TPSA) is 91.0 Å². The van der Waals surface area contributed by atoms with Crippen molar-refractivity contribution in [3.63, 3.8) is 0 Å². The van der Waals surface area contributed by atoms with Crippen LogP contribution in [0.25, 0.3) is 0 Å². The van der Waals surface area contributed by atoms with Crippen molar-refractivity contribution in [1.82, 2.24) is 10.2 Å². The molecule has 1 aromatic carbocycles. The Morgan fingerprint density at radius 3 is 2.70 bits per heavy atom. The maximum Gasteiger partial charge on any atom is 0.262 e. The minimum atomic E-state index is -1.06. The maximum absolute atomic E-state index is 13.4. The Hall–Kier alpha value is -3.19. The summed E-state index contributed by atoms with van der Waals surface area (Å²) in [7, 11) is 1.92. The van der Waals surface area contributed by atoms with Gasteiger partial charge in [-0.2, -0.15) is 0 Å². The molecule has 9 heteroatoms. The van der Waals surface area contributed by atoms with Crippen molar-refractivity contribution in [2.75, 3.05) is 50.1 Å². The molecule has 0 radical (unpaired) electrons. The van der Waals surface area contributed by atoms with Crippen molar-refractivity contribution in [2.45, 2.75) is 18.9 Å². The van der Waals surface area contributed by atoms with Gasteiger partial charge < -0.3 is 25.2 Å². The van der Waals surface area contributed by atoms with Gasteiger partial charge in [0, 0.05) is 31.0 Å². The highest BCUT2D eigenvalue weighted by molar-refractivity contribution is 7.14. The number of morpholine rings is 1. The van der Waals surface area contributed by atoms with Crippen molar-refractivity contribution >= 4 is 40.4 Å². The van der Waals surface area contributed by atoms with Crippen molar-refractivity contribution in [2.24, 2.45) is 0 Å². The van der Waals surface area contributed by atoms with Crippen molar-refractivity contribution in [1.29, 1.82) is 0 Å². The van der Waals surface area contributed by atoms with Crippen LogP contribution in [0.3, 0.4) is 0 Å². The highest BCUT2D eigenvalue weighted by atomic mass is 32.1. The van der Waals surface area contributed by atoms with E-state index in [0.29, 0.717) is 48.1 Å². The lowest BCUT2D eigenvalue weighted by Crippen LogP contribution is -2.58. The first-order valence-electron chi connectivity index (χ1n) is 10.7. The van der Waals surface area contributed by atoms with Crippen LogP contribution in [0.4, 0.5) is 11.4 Å². The van der Waals surface area contributed by atoms with Gasteiger partial charge in [-0.25, -0.2) is 0 Å². The van der Waals surface area contributed by atoms with Gasteiger partial charge in [-0.15, -0.1) is 17.8 Å². The van der Waals surface area contributed by atoms with Gasteiger partial charge in [0.25, 0.3) is 17.7 Å². The number of benzene rings is 1. The van der Waals surface area contributed by atoms with Gasteiger partial charge in [-0.3, -0.25) is 14.4 Å². The molecule has 1 aromatic heterocycles. The number of hydrogen-bond acceptors (Lipinski definition) is 6. The van der Waals surface area contributed by atoms with Gasteiger partial charge in [0.2, 0.25) is 0 Å². The third kappa shape index (κ3) is 4.78. The van der Waals surface area contributed by atoms with Crippen LogP contribution in [0, 0.1) is 19.3 Å². The molecular weight excluding hydrogens is 440 g/mol. The first-order valence-corrected chi connectivity index (χ1v) is 11.5. The van der Waals surface area contributed by atoms with Gasteiger partial charge in [-0.1, -0.05) is 5.92 Å². The zero-order valence-corrected chi connectivity index (χ0v) is 19.5. The van der Waals surface area contributed by atoms with Gasteiger partial charge in [-0.05, 0) is 56.3 Å². The highest BCUT2D eigenvalue weighted by Crippen LogP contribution is 2.28. The number of likely N-dealkylation sites (tertiary alicyclic amines) is 1. The standard InChI is InChI=1S/C24H26N4O4S/c1-4-18-6-8-20(33-18)22(30)26-24(9-10-27(3)15-24)23(31)25-17-5-7-19(16(2)13-17)28-11-12-32-14-21(28)29/h1,5-8,13H,9-12,14-15H2,2-3H3,(H,25,31)(H,26,30). The van der Waals surface area contributed by atoms with Crippen molar-refractivity contribution in [3.05, 3.63) is 45.6 Å². The number of anilines is 2. The predicted molar refractivity (Wildman–Crippen MR) is 128 cm³/mol. The molecule has 2 fully saturated rings. The smallest absolute Gasteiger partial charge is 0.262 e.